The van der Waals surface area contributed by atoms with Gasteiger partial charge in [0.2, 0.25) is 11.8 Å². The van der Waals surface area contributed by atoms with Gasteiger partial charge >= 0.3 is 19.5 Å². The summed E-state index contributed by atoms with van der Waals surface area (Å²) in [7, 11) is -4.49. The smallest absolute Gasteiger partial charge is 0.355 e. The van der Waals surface area contributed by atoms with Crippen molar-refractivity contribution in [2.45, 2.75) is 114 Å². The Morgan fingerprint density at radius 2 is 1.76 bits per heavy atom. The second kappa shape index (κ2) is 17.7. The number of rotatable bonds is 13. The Balaban J connectivity index is 1.00. The lowest BCUT2D eigenvalue weighted by molar-refractivity contribution is -0.151. The molecular formula is C44H48FN6O9PS. The number of amides is 6. The highest BCUT2D eigenvalue weighted by Crippen LogP contribution is 2.58. The number of alkyl halides is 1. The lowest BCUT2D eigenvalue weighted by Crippen LogP contribution is -2.62. The van der Waals surface area contributed by atoms with Gasteiger partial charge in [0, 0.05) is 16.9 Å². The van der Waals surface area contributed by atoms with Crippen molar-refractivity contribution in [1.82, 2.24) is 25.2 Å². The van der Waals surface area contributed by atoms with Gasteiger partial charge in [0.15, 0.2) is 0 Å². The summed E-state index contributed by atoms with van der Waals surface area (Å²) < 4.78 is 42.5. The van der Waals surface area contributed by atoms with Gasteiger partial charge < -0.3 is 19.5 Å². The van der Waals surface area contributed by atoms with Gasteiger partial charge in [-0.25, -0.2) is 24.1 Å². The van der Waals surface area contributed by atoms with Gasteiger partial charge in [-0.3, -0.25) is 33.5 Å². The third-order valence-electron chi connectivity index (χ3n) is 12.1. The fourth-order valence-corrected chi connectivity index (χ4v) is 11.7. The minimum absolute atomic E-state index is 0.0143. The molecule has 3 saturated heterocycles. The maximum atomic E-state index is 16.6. The summed E-state index contributed by atoms with van der Waals surface area (Å²) in [5, 5.41) is 5.95. The number of fused-ring (bicyclic) bond motifs is 2. The number of urea groups is 1. The molecule has 8 rings (SSSR count). The fraction of sp³-hybridized carbons (Fsp3) is 0.432. The molecule has 2 aromatic heterocycles. The van der Waals surface area contributed by atoms with Crippen LogP contribution >= 0.6 is 18.9 Å². The average Bonchev–Trinajstić information content (AvgIpc) is 3.94. The first-order chi connectivity index (χ1) is 29.8. The highest BCUT2D eigenvalue weighted by molar-refractivity contribution is 7.57. The third kappa shape index (κ3) is 8.01. The van der Waals surface area contributed by atoms with E-state index in [1.54, 1.807) is 42.5 Å². The van der Waals surface area contributed by atoms with E-state index >= 15 is 4.39 Å². The van der Waals surface area contributed by atoms with E-state index in [0.29, 0.717) is 67.9 Å². The van der Waals surface area contributed by atoms with Crippen LogP contribution < -0.4 is 19.8 Å². The van der Waals surface area contributed by atoms with Crippen LogP contribution in [0.1, 0.15) is 99.2 Å². The number of carbonyl (C=O) groups excluding carboxylic acids is 6. The maximum Gasteiger partial charge on any atom is 0.355 e. The summed E-state index contributed by atoms with van der Waals surface area (Å²) in [4.78, 5) is 91.3. The van der Waals surface area contributed by atoms with E-state index in [4.69, 9.17) is 9.26 Å². The van der Waals surface area contributed by atoms with Gasteiger partial charge in [-0.15, -0.1) is 11.3 Å². The SMILES string of the molecule is CCCOC(=O)[C@H](C)NP(=O)(Oc1ccccc1)C(F)c1ccc2sc(C(=O)N[C@H]3CCCC[C@H]4CC[C@@H](C(=O)N5C(=O)N(c6cccnc6)C(=O)C56CCC6)N4C3=O)cc2c1. The van der Waals surface area contributed by atoms with Crippen molar-refractivity contribution >= 4 is 70.3 Å². The molecule has 2 unspecified atom stereocenters. The van der Waals surface area contributed by atoms with Crippen LogP contribution in [0.4, 0.5) is 14.9 Å². The number of halogens is 1. The number of imide groups is 2. The second-order valence-corrected chi connectivity index (χ2v) is 19.4. The maximum absolute atomic E-state index is 16.6. The number of ether oxygens (including phenoxy) is 1. The van der Waals surface area contributed by atoms with Gasteiger partial charge in [-0.2, -0.15) is 0 Å². The number of pyridine rings is 1. The third-order valence-corrected chi connectivity index (χ3v) is 15.4. The minimum Gasteiger partial charge on any atom is -0.465 e. The first-order valence-electron chi connectivity index (χ1n) is 21.1. The Morgan fingerprint density at radius 1 is 0.984 bits per heavy atom. The zero-order valence-corrected chi connectivity index (χ0v) is 36.1. The number of esters is 1. The summed E-state index contributed by atoms with van der Waals surface area (Å²) in [6, 6.07) is 13.2. The molecule has 6 atom stereocenters. The van der Waals surface area contributed by atoms with E-state index in [1.165, 1.54) is 48.5 Å². The summed E-state index contributed by atoms with van der Waals surface area (Å²) >= 11 is 1.13. The number of benzene rings is 2. The molecule has 15 nitrogen and oxygen atoms in total. The van der Waals surface area contributed by atoms with E-state index in [0.717, 1.165) is 27.6 Å². The monoisotopic (exact) mass is 886 g/mol. The number of thiophene rings is 1. The van der Waals surface area contributed by atoms with Gasteiger partial charge in [0.1, 0.15) is 29.4 Å². The number of nitrogens with zero attached hydrogens (tertiary/aromatic N) is 4. The predicted octanol–water partition coefficient (Wildman–Crippen LogP) is 7.42. The summed E-state index contributed by atoms with van der Waals surface area (Å²) in [6.45, 7) is 3.39. The summed E-state index contributed by atoms with van der Waals surface area (Å²) in [6.07, 6.45) is 8.06. The normalized spacial score (nSPS) is 22.9. The van der Waals surface area contributed by atoms with E-state index in [-0.39, 0.29) is 34.5 Å². The molecule has 2 N–H and O–H groups in total. The van der Waals surface area contributed by atoms with Crippen molar-refractivity contribution in [2.24, 2.45) is 0 Å². The molecule has 1 spiro atoms. The predicted molar refractivity (Wildman–Crippen MR) is 228 cm³/mol. The Morgan fingerprint density at radius 3 is 2.47 bits per heavy atom. The Bertz CT molecular complexity index is 2430. The standard InChI is InChI=1S/C44H48FN6O9PS/c1-3-23-59-41(55)27(2)48-61(58,60-32-13-5-4-6-14-32)37(45)28-16-19-35-29(24-28)25-36(62-35)38(52)47-33-15-8-7-11-30-17-18-34(49(30)39(33)53)40(54)51-43(57)50(31-12-9-22-46-26-31)42(56)44(51)20-10-21-44/h4-6,9,12-14,16,19,22,24-27,30,33-34,37H,3,7-8,10-11,15,17-18,20-21,23H2,1-2H3,(H,47,52)(H,48,58)/t27-,30-,33-,34-,37?,61?/m0/s1. The molecule has 2 aromatic carbocycles. The highest BCUT2D eigenvalue weighted by atomic mass is 32.1. The molecule has 326 valence electrons. The molecule has 4 aromatic rings. The van der Waals surface area contributed by atoms with Crippen LogP contribution in [0.15, 0.2) is 79.1 Å². The van der Waals surface area contributed by atoms with Gasteiger partial charge in [0.05, 0.1) is 23.4 Å². The Labute approximate surface area is 361 Å². The number of carbonyl (C=O) groups is 6. The number of hydrogen-bond donors (Lipinski definition) is 2. The van der Waals surface area contributed by atoms with Crippen molar-refractivity contribution in [3.05, 3.63) is 89.6 Å². The first-order valence-corrected chi connectivity index (χ1v) is 23.6. The van der Waals surface area contributed by atoms with Gasteiger partial charge in [0.25, 0.3) is 17.7 Å². The van der Waals surface area contributed by atoms with E-state index < -0.39 is 72.7 Å². The molecule has 4 fully saturated rings. The molecule has 1 aliphatic carbocycles. The van der Waals surface area contributed by atoms with Crippen LogP contribution in [0.3, 0.4) is 0 Å². The van der Waals surface area contributed by atoms with Crippen LogP contribution in [0.5, 0.6) is 5.75 Å². The number of nitrogens with one attached hydrogen (secondary N) is 2. The van der Waals surface area contributed by atoms with Crippen LogP contribution in [-0.2, 0) is 28.5 Å². The van der Waals surface area contributed by atoms with Crippen LogP contribution in [0.25, 0.3) is 10.1 Å². The van der Waals surface area contributed by atoms with Gasteiger partial charge in [-0.05, 0) is 112 Å². The molecule has 62 heavy (non-hydrogen) atoms. The molecule has 18 heteroatoms. The van der Waals surface area contributed by atoms with Crippen LogP contribution in [0, 0.1) is 0 Å². The number of aromatic nitrogens is 1. The number of anilines is 1. The highest BCUT2D eigenvalue weighted by Gasteiger charge is 2.64. The molecule has 3 aliphatic heterocycles. The largest absolute Gasteiger partial charge is 0.465 e. The van der Waals surface area contributed by atoms with E-state index in [1.807, 2.05) is 6.92 Å². The van der Waals surface area contributed by atoms with Crippen LogP contribution in [-0.4, -0.2) is 86.7 Å². The fourth-order valence-electron chi connectivity index (χ4n) is 8.87. The molecule has 6 amide bonds. The zero-order chi connectivity index (χ0) is 43.8. The van der Waals surface area contributed by atoms with E-state index in [9.17, 15) is 33.3 Å². The molecule has 0 bridgehead atoms. The number of hydrogen-bond acceptors (Lipinski definition) is 11. The van der Waals surface area contributed by atoms with Gasteiger partial charge in [-0.1, -0.05) is 44.0 Å². The first kappa shape index (κ1) is 43.2. The summed E-state index contributed by atoms with van der Waals surface area (Å²) in [5.41, 5.74) is -1.06. The lowest BCUT2D eigenvalue weighted by atomic mass is 9.75. The summed E-state index contributed by atoms with van der Waals surface area (Å²) in [5.74, 6) is -4.85. The van der Waals surface area contributed by atoms with Crippen molar-refractivity contribution in [2.75, 3.05) is 11.5 Å². The lowest BCUT2D eigenvalue weighted by Gasteiger charge is -2.43. The van der Waals surface area contributed by atoms with E-state index in [2.05, 4.69) is 15.4 Å². The van der Waals surface area contributed by atoms with Crippen LogP contribution in [0.2, 0.25) is 0 Å². The minimum atomic E-state index is -4.49. The van der Waals surface area contributed by atoms with Crippen molar-refractivity contribution in [3.8, 4) is 5.75 Å². The number of para-hydroxylation sites is 1. The molecule has 1 saturated carbocycles. The molecule has 4 aliphatic rings. The molecule has 0 radical (unpaired) electrons. The van der Waals surface area contributed by atoms with Crippen molar-refractivity contribution in [3.63, 3.8) is 0 Å². The molecule has 5 heterocycles. The zero-order valence-electron chi connectivity index (χ0n) is 34.4. The van der Waals surface area contributed by atoms with Crippen molar-refractivity contribution < 1.29 is 47.0 Å². The van der Waals surface area contributed by atoms with Crippen molar-refractivity contribution in [1.29, 1.82) is 0 Å². The second-order valence-electron chi connectivity index (χ2n) is 16.3. The Hall–Kier alpha value is -5.51. The quantitative estimate of drug-likeness (QED) is 0.0774. The average molecular weight is 887 g/mol. The topological polar surface area (TPSA) is 185 Å². The molecular weight excluding hydrogens is 839 g/mol. The Kier molecular flexibility index (Phi) is 12.3.